The molecule has 1 aromatic heterocycles. The van der Waals surface area contributed by atoms with Crippen molar-refractivity contribution in [3.63, 3.8) is 0 Å². The first-order valence-corrected chi connectivity index (χ1v) is 10.7. The third-order valence-corrected chi connectivity index (χ3v) is 6.53. The lowest BCUT2D eigenvalue weighted by atomic mass is 9.88. The van der Waals surface area contributed by atoms with E-state index in [9.17, 15) is 5.11 Å². The molecule has 27 heavy (non-hydrogen) atoms. The highest BCUT2D eigenvalue weighted by molar-refractivity contribution is 5.84. The van der Waals surface area contributed by atoms with Gasteiger partial charge in [-0.3, -0.25) is 14.8 Å². The monoisotopic (exact) mass is 367 g/mol. The Hall–Kier alpha value is -1.49. The largest absolute Gasteiger partial charge is 0.396 e. The van der Waals surface area contributed by atoms with E-state index in [-0.39, 0.29) is 0 Å². The molecule has 0 amide bonds. The van der Waals surface area contributed by atoms with Gasteiger partial charge >= 0.3 is 0 Å². The highest BCUT2D eigenvalue weighted by Crippen LogP contribution is 2.27. The first kappa shape index (κ1) is 18.9. The van der Waals surface area contributed by atoms with Crippen LogP contribution in [0.2, 0.25) is 0 Å². The first-order chi connectivity index (χ1) is 13.3. The molecule has 0 unspecified atom stereocenters. The zero-order chi connectivity index (χ0) is 18.5. The van der Waals surface area contributed by atoms with Crippen LogP contribution in [0, 0.1) is 5.92 Å². The predicted molar refractivity (Wildman–Crippen MR) is 111 cm³/mol. The SMILES string of the molecule is OCC[C@@H]1CN(Cc2cccc3cnccc23)CCN1CC1CCCCC1. The Morgan fingerprint density at radius 2 is 1.96 bits per heavy atom. The van der Waals surface area contributed by atoms with Gasteiger partial charge in [0.15, 0.2) is 0 Å². The molecule has 4 nitrogen and oxygen atoms in total. The lowest BCUT2D eigenvalue weighted by Gasteiger charge is -2.43. The number of fused-ring (bicyclic) bond motifs is 1. The Morgan fingerprint density at radius 3 is 2.81 bits per heavy atom. The van der Waals surface area contributed by atoms with Crippen molar-refractivity contribution < 1.29 is 5.11 Å². The van der Waals surface area contributed by atoms with E-state index >= 15 is 0 Å². The second-order valence-corrected chi connectivity index (χ2v) is 8.41. The van der Waals surface area contributed by atoms with Crippen LogP contribution in [0.1, 0.15) is 44.1 Å². The molecular formula is C23H33N3O. The topological polar surface area (TPSA) is 39.6 Å². The summed E-state index contributed by atoms with van der Waals surface area (Å²) < 4.78 is 0. The molecule has 0 spiro atoms. The number of piperazine rings is 1. The molecule has 2 fully saturated rings. The van der Waals surface area contributed by atoms with Crippen molar-refractivity contribution in [3.8, 4) is 0 Å². The number of benzene rings is 1. The van der Waals surface area contributed by atoms with Gasteiger partial charge in [0.2, 0.25) is 0 Å². The van der Waals surface area contributed by atoms with E-state index in [1.54, 1.807) is 0 Å². The lowest BCUT2D eigenvalue weighted by Crippen LogP contribution is -2.54. The van der Waals surface area contributed by atoms with Gasteiger partial charge in [-0.05, 0) is 42.2 Å². The summed E-state index contributed by atoms with van der Waals surface area (Å²) in [5.74, 6) is 0.872. The van der Waals surface area contributed by atoms with E-state index in [0.717, 1.165) is 38.5 Å². The van der Waals surface area contributed by atoms with Gasteiger partial charge in [0.1, 0.15) is 0 Å². The van der Waals surface area contributed by atoms with E-state index in [4.69, 9.17) is 0 Å². The van der Waals surface area contributed by atoms with Gasteiger partial charge < -0.3 is 5.11 Å². The molecule has 1 aromatic carbocycles. The maximum Gasteiger partial charge on any atom is 0.0446 e. The molecule has 4 rings (SSSR count). The zero-order valence-electron chi connectivity index (χ0n) is 16.4. The molecule has 0 bridgehead atoms. The van der Waals surface area contributed by atoms with Gasteiger partial charge in [-0.15, -0.1) is 0 Å². The fraction of sp³-hybridized carbons (Fsp3) is 0.609. The molecule has 1 atom stereocenters. The number of pyridine rings is 1. The summed E-state index contributed by atoms with van der Waals surface area (Å²) in [6.07, 6.45) is 11.8. The Bertz CT molecular complexity index is 723. The standard InChI is InChI=1S/C23H33N3O/c27-14-10-22-18-25(12-13-26(22)16-19-5-2-1-3-6-19)17-21-8-4-7-20-15-24-11-9-23(20)21/h4,7-9,11,15,19,22,27H,1-3,5-6,10,12-14,16-18H2/t22-/m1/s1. The van der Waals surface area contributed by atoms with E-state index in [0.29, 0.717) is 12.6 Å². The molecule has 1 saturated carbocycles. The Labute approximate surface area is 163 Å². The Kier molecular flexibility index (Phi) is 6.38. The van der Waals surface area contributed by atoms with E-state index in [2.05, 4.69) is 39.0 Å². The molecule has 146 valence electrons. The van der Waals surface area contributed by atoms with Gasteiger partial charge in [0.25, 0.3) is 0 Å². The van der Waals surface area contributed by atoms with Gasteiger partial charge in [0.05, 0.1) is 0 Å². The summed E-state index contributed by atoms with van der Waals surface area (Å²) >= 11 is 0. The van der Waals surface area contributed by atoms with Crippen LogP contribution in [-0.2, 0) is 6.54 Å². The number of hydrogen-bond donors (Lipinski definition) is 1. The summed E-state index contributed by atoms with van der Waals surface area (Å²) in [4.78, 5) is 9.51. The maximum atomic E-state index is 9.61. The van der Waals surface area contributed by atoms with Crippen molar-refractivity contribution in [2.45, 2.75) is 51.1 Å². The van der Waals surface area contributed by atoms with Crippen LogP contribution in [0.15, 0.2) is 36.7 Å². The number of aliphatic hydroxyl groups excluding tert-OH is 1. The van der Waals surface area contributed by atoms with Crippen LogP contribution in [0.25, 0.3) is 10.8 Å². The normalized spacial score (nSPS) is 23.1. The molecule has 4 heteroatoms. The minimum absolute atomic E-state index is 0.291. The fourth-order valence-electron chi connectivity index (χ4n) is 5.03. The number of rotatable bonds is 6. The van der Waals surface area contributed by atoms with Crippen LogP contribution in [0.5, 0.6) is 0 Å². The van der Waals surface area contributed by atoms with Crippen LogP contribution in [0.3, 0.4) is 0 Å². The average molecular weight is 368 g/mol. The quantitative estimate of drug-likeness (QED) is 0.845. The molecule has 1 aliphatic heterocycles. The summed E-state index contributed by atoms with van der Waals surface area (Å²) in [6.45, 7) is 5.83. The minimum Gasteiger partial charge on any atom is -0.396 e. The molecule has 2 aromatic rings. The van der Waals surface area contributed by atoms with Crippen molar-refractivity contribution >= 4 is 10.8 Å². The second-order valence-electron chi connectivity index (χ2n) is 8.41. The van der Waals surface area contributed by atoms with Crippen LogP contribution in [-0.4, -0.2) is 58.7 Å². The third-order valence-electron chi connectivity index (χ3n) is 6.53. The van der Waals surface area contributed by atoms with Crippen LogP contribution < -0.4 is 0 Å². The van der Waals surface area contributed by atoms with Crippen molar-refractivity contribution in [1.29, 1.82) is 0 Å². The number of aliphatic hydroxyl groups is 1. The maximum absolute atomic E-state index is 9.61. The molecule has 1 aliphatic carbocycles. The van der Waals surface area contributed by atoms with Crippen molar-refractivity contribution in [2.24, 2.45) is 5.92 Å². The highest BCUT2D eigenvalue weighted by atomic mass is 16.3. The summed E-state index contributed by atoms with van der Waals surface area (Å²) in [6, 6.07) is 9.15. The molecular weight excluding hydrogens is 334 g/mol. The Morgan fingerprint density at radius 1 is 1.07 bits per heavy atom. The third kappa shape index (κ3) is 4.68. The minimum atomic E-state index is 0.291. The van der Waals surface area contributed by atoms with Crippen LogP contribution >= 0.6 is 0 Å². The smallest absolute Gasteiger partial charge is 0.0446 e. The van der Waals surface area contributed by atoms with Crippen molar-refractivity contribution in [3.05, 3.63) is 42.2 Å². The number of hydrogen-bond acceptors (Lipinski definition) is 4. The molecule has 1 N–H and O–H groups in total. The van der Waals surface area contributed by atoms with Crippen molar-refractivity contribution in [2.75, 3.05) is 32.8 Å². The molecule has 1 saturated heterocycles. The number of nitrogens with zero attached hydrogens (tertiary/aromatic N) is 3. The first-order valence-electron chi connectivity index (χ1n) is 10.7. The highest BCUT2D eigenvalue weighted by Gasteiger charge is 2.29. The van der Waals surface area contributed by atoms with E-state index < -0.39 is 0 Å². The second kappa shape index (κ2) is 9.13. The lowest BCUT2D eigenvalue weighted by molar-refractivity contribution is 0.0402. The van der Waals surface area contributed by atoms with Crippen molar-refractivity contribution in [1.82, 2.24) is 14.8 Å². The molecule has 2 heterocycles. The average Bonchev–Trinajstić information content (AvgIpc) is 2.71. The predicted octanol–water partition coefficient (Wildman–Crippen LogP) is 3.68. The fourth-order valence-corrected chi connectivity index (χ4v) is 5.03. The van der Waals surface area contributed by atoms with Gasteiger partial charge in [-0.25, -0.2) is 0 Å². The van der Waals surface area contributed by atoms with E-state index in [1.165, 1.54) is 55.0 Å². The van der Waals surface area contributed by atoms with Gasteiger partial charge in [0, 0.05) is 63.2 Å². The summed E-state index contributed by atoms with van der Waals surface area (Å²) in [5, 5.41) is 12.1. The summed E-state index contributed by atoms with van der Waals surface area (Å²) in [5.41, 5.74) is 1.39. The van der Waals surface area contributed by atoms with Gasteiger partial charge in [-0.2, -0.15) is 0 Å². The number of aromatic nitrogens is 1. The van der Waals surface area contributed by atoms with Gasteiger partial charge in [-0.1, -0.05) is 37.5 Å². The van der Waals surface area contributed by atoms with Crippen LogP contribution in [0.4, 0.5) is 0 Å². The summed E-state index contributed by atoms with van der Waals surface area (Å²) in [7, 11) is 0. The Balaban J connectivity index is 1.41. The molecule has 0 radical (unpaired) electrons. The zero-order valence-corrected chi connectivity index (χ0v) is 16.4. The molecule has 2 aliphatic rings. The van der Waals surface area contributed by atoms with E-state index in [1.807, 2.05) is 12.4 Å².